The molecule has 1 N–H and O–H groups in total. The van der Waals surface area contributed by atoms with Crippen LogP contribution in [0.15, 0.2) is 29.6 Å². The minimum absolute atomic E-state index is 0.227. The van der Waals surface area contributed by atoms with E-state index >= 15 is 0 Å². The Morgan fingerprint density at radius 3 is 2.48 bits per heavy atom. The Morgan fingerprint density at radius 2 is 1.88 bits per heavy atom. The van der Waals surface area contributed by atoms with E-state index in [0.717, 1.165) is 22.6 Å². The number of carbonyl (C=O) groups excluding carboxylic acids is 1. The topological polar surface area (TPSA) is 76.1 Å². The van der Waals surface area contributed by atoms with Crippen LogP contribution in [-0.2, 0) is 20.4 Å². The van der Waals surface area contributed by atoms with E-state index in [9.17, 15) is 13.2 Å². The van der Waals surface area contributed by atoms with Gasteiger partial charge in [-0.25, -0.2) is 13.4 Å². The van der Waals surface area contributed by atoms with Gasteiger partial charge in [-0.2, -0.15) is 0 Å². The van der Waals surface area contributed by atoms with Crippen molar-refractivity contribution in [1.29, 1.82) is 0 Å². The third-order valence-electron chi connectivity index (χ3n) is 3.93. The molecular formula is C18H24N2O3S2. The highest BCUT2D eigenvalue weighted by Gasteiger charge is 2.23. The molecule has 0 radical (unpaired) electrons. The van der Waals surface area contributed by atoms with E-state index in [1.165, 1.54) is 11.3 Å². The minimum atomic E-state index is -3.56. The fraction of sp³-hybridized carbons (Fsp3) is 0.444. The zero-order valence-electron chi connectivity index (χ0n) is 15.0. The highest BCUT2D eigenvalue weighted by Crippen LogP contribution is 2.24. The van der Waals surface area contributed by atoms with Crippen molar-refractivity contribution in [3.05, 3.63) is 40.9 Å². The zero-order valence-corrected chi connectivity index (χ0v) is 16.6. The van der Waals surface area contributed by atoms with Crippen molar-refractivity contribution in [2.24, 2.45) is 0 Å². The van der Waals surface area contributed by atoms with Gasteiger partial charge in [0.1, 0.15) is 10.8 Å². The summed E-state index contributed by atoms with van der Waals surface area (Å²) in [4.78, 5) is 16.4. The fourth-order valence-corrected chi connectivity index (χ4v) is 4.28. The number of hydrogen-bond donors (Lipinski definition) is 1. The Hall–Kier alpha value is -1.73. The van der Waals surface area contributed by atoms with Gasteiger partial charge in [-0.1, -0.05) is 36.8 Å². The van der Waals surface area contributed by atoms with Gasteiger partial charge in [0.05, 0.1) is 11.4 Å². The lowest BCUT2D eigenvalue weighted by Crippen LogP contribution is -2.45. The molecule has 0 saturated carbocycles. The minimum Gasteiger partial charge on any atom is -0.350 e. The average Bonchev–Trinajstić information content (AvgIpc) is 2.94. The molecule has 7 heteroatoms. The number of thiazole rings is 1. The van der Waals surface area contributed by atoms with Crippen molar-refractivity contribution in [3.8, 4) is 10.6 Å². The van der Waals surface area contributed by atoms with Crippen LogP contribution in [0.4, 0.5) is 0 Å². The summed E-state index contributed by atoms with van der Waals surface area (Å²) in [5.74, 6) is -1.22. The van der Waals surface area contributed by atoms with Gasteiger partial charge in [0.2, 0.25) is 5.91 Å². The van der Waals surface area contributed by atoms with Crippen molar-refractivity contribution in [1.82, 2.24) is 10.3 Å². The molecule has 2 aromatic rings. The number of carbonyl (C=O) groups is 1. The Kier molecular flexibility index (Phi) is 6.00. The number of aromatic nitrogens is 1. The van der Waals surface area contributed by atoms with Crippen molar-refractivity contribution in [2.45, 2.75) is 45.4 Å². The highest BCUT2D eigenvalue weighted by molar-refractivity contribution is 7.91. The predicted octanol–water partition coefficient (Wildman–Crippen LogP) is 3.34. The van der Waals surface area contributed by atoms with E-state index in [4.69, 9.17) is 0 Å². The molecule has 5 nitrogen and oxygen atoms in total. The van der Waals surface area contributed by atoms with Gasteiger partial charge in [-0.15, -0.1) is 11.3 Å². The average molecular weight is 381 g/mol. The summed E-state index contributed by atoms with van der Waals surface area (Å²) in [6.45, 7) is 7.68. The summed E-state index contributed by atoms with van der Waals surface area (Å²) < 4.78 is 24.6. The van der Waals surface area contributed by atoms with Crippen LogP contribution in [0.5, 0.6) is 0 Å². The first-order chi connectivity index (χ1) is 11.6. The second kappa shape index (κ2) is 7.66. The molecule has 136 valence electrons. The molecule has 0 fully saturated rings. The molecule has 0 unspecified atom stereocenters. The number of aryl methyl sites for hydroxylation is 1. The third kappa shape index (κ3) is 5.93. The standard InChI is InChI=1S/C18H24N2O3S2/c1-5-18(3,4)20-16(21)12-25(22,23)11-15-10-24-17(19-15)14-8-6-13(2)7-9-14/h6-10H,5,11-12H2,1-4H3,(H,20,21). The Morgan fingerprint density at radius 1 is 1.24 bits per heavy atom. The van der Waals surface area contributed by atoms with Crippen LogP contribution in [0.2, 0.25) is 0 Å². The second-order valence-corrected chi connectivity index (χ2v) is 9.75. The first-order valence-corrected chi connectivity index (χ1v) is 10.8. The van der Waals surface area contributed by atoms with Gasteiger partial charge in [-0.3, -0.25) is 4.79 Å². The number of benzene rings is 1. The summed E-state index contributed by atoms with van der Waals surface area (Å²) in [5.41, 5.74) is 2.18. The third-order valence-corrected chi connectivity index (χ3v) is 6.31. The first-order valence-electron chi connectivity index (χ1n) is 8.13. The van der Waals surface area contributed by atoms with Gasteiger partial charge < -0.3 is 5.32 Å². The van der Waals surface area contributed by atoms with Crippen LogP contribution in [0.3, 0.4) is 0 Å². The molecule has 25 heavy (non-hydrogen) atoms. The van der Waals surface area contributed by atoms with Crippen molar-refractivity contribution < 1.29 is 13.2 Å². The zero-order chi connectivity index (χ0) is 18.7. The normalized spacial score (nSPS) is 12.2. The molecule has 0 aliphatic heterocycles. The van der Waals surface area contributed by atoms with Gasteiger partial charge in [-0.05, 0) is 27.2 Å². The van der Waals surface area contributed by atoms with E-state index in [0.29, 0.717) is 5.69 Å². The summed E-state index contributed by atoms with van der Waals surface area (Å²) in [6, 6.07) is 7.92. The van der Waals surface area contributed by atoms with Crippen molar-refractivity contribution in [2.75, 3.05) is 5.75 Å². The molecule has 1 amide bonds. The summed E-state index contributed by atoms with van der Waals surface area (Å²) in [5, 5.41) is 5.26. The fourth-order valence-electron chi connectivity index (χ4n) is 2.18. The molecule has 0 saturated heterocycles. The van der Waals surface area contributed by atoms with Gasteiger partial charge in [0.15, 0.2) is 9.84 Å². The SMILES string of the molecule is CCC(C)(C)NC(=O)CS(=O)(=O)Cc1csc(-c2ccc(C)cc2)n1. The molecule has 2 rings (SSSR count). The maximum Gasteiger partial charge on any atom is 0.235 e. The summed E-state index contributed by atoms with van der Waals surface area (Å²) >= 11 is 1.41. The highest BCUT2D eigenvalue weighted by atomic mass is 32.2. The lowest BCUT2D eigenvalue weighted by molar-refractivity contribution is -0.120. The molecule has 1 aromatic carbocycles. The predicted molar refractivity (Wildman–Crippen MR) is 102 cm³/mol. The molecule has 0 atom stereocenters. The Labute approximate surface area is 153 Å². The van der Waals surface area contributed by atoms with E-state index in [2.05, 4.69) is 10.3 Å². The second-order valence-electron chi connectivity index (χ2n) is 6.83. The number of sulfone groups is 1. The number of rotatable bonds is 7. The maximum absolute atomic E-state index is 12.3. The lowest BCUT2D eigenvalue weighted by atomic mass is 10.0. The maximum atomic E-state index is 12.3. The molecule has 0 bridgehead atoms. The smallest absolute Gasteiger partial charge is 0.235 e. The van der Waals surface area contributed by atoms with Crippen LogP contribution in [0.1, 0.15) is 38.4 Å². The van der Waals surface area contributed by atoms with Gasteiger partial charge in [0, 0.05) is 16.5 Å². The van der Waals surface area contributed by atoms with Crippen LogP contribution < -0.4 is 5.32 Å². The summed E-state index contributed by atoms with van der Waals surface area (Å²) in [6.07, 6.45) is 0.727. The molecule has 0 aliphatic carbocycles. The first kappa shape index (κ1) is 19.6. The molecular weight excluding hydrogens is 356 g/mol. The Bertz CT molecular complexity index is 837. The summed E-state index contributed by atoms with van der Waals surface area (Å²) in [7, 11) is -3.56. The molecule has 0 spiro atoms. The van der Waals surface area contributed by atoms with Crippen LogP contribution in [-0.4, -0.2) is 30.6 Å². The molecule has 1 heterocycles. The van der Waals surface area contributed by atoms with Gasteiger partial charge >= 0.3 is 0 Å². The monoisotopic (exact) mass is 380 g/mol. The number of hydrogen-bond acceptors (Lipinski definition) is 5. The van der Waals surface area contributed by atoms with Crippen LogP contribution in [0.25, 0.3) is 10.6 Å². The van der Waals surface area contributed by atoms with E-state index in [-0.39, 0.29) is 5.75 Å². The quantitative estimate of drug-likeness (QED) is 0.799. The van der Waals surface area contributed by atoms with Crippen LogP contribution in [0, 0.1) is 6.92 Å². The van der Waals surface area contributed by atoms with Crippen LogP contribution >= 0.6 is 11.3 Å². The Balaban J connectivity index is 2.03. The van der Waals surface area contributed by atoms with Crippen molar-refractivity contribution >= 4 is 27.1 Å². The largest absolute Gasteiger partial charge is 0.350 e. The van der Waals surface area contributed by atoms with Gasteiger partial charge in [0.25, 0.3) is 0 Å². The van der Waals surface area contributed by atoms with Crippen molar-refractivity contribution in [3.63, 3.8) is 0 Å². The lowest BCUT2D eigenvalue weighted by Gasteiger charge is -2.24. The molecule has 1 aromatic heterocycles. The molecule has 0 aliphatic rings. The number of nitrogens with one attached hydrogen (secondary N) is 1. The van der Waals surface area contributed by atoms with E-state index in [1.807, 2.05) is 52.0 Å². The van der Waals surface area contributed by atoms with E-state index < -0.39 is 27.0 Å². The number of nitrogens with zero attached hydrogens (tertiary/aromatic N) is 1. The number of amides is 1. The van der Waals surface area contributed by atoms with E-state index in [1.54, 1.807) is 5.38 Å².